The van der Waals surface area contributed by atoms with Crippen molar-refractivity contribution < 1.29 is 18.0 Å². The van der Waals surface area contributed by atoms with Crippen LogP contribution in [0.2, 0.25) is 0 Å². The molecule has 4 rings (SSSR count). The Balaban J connectivity index is 1.50. The lowest BCUT2D eigenvalue weighted by atomic mass is 9.69. The summed E-state index contributed by atoms with van der Waals surface area (Å²) in [5.41, 5.74) is 0. The van der Waals surface area contributed by atoms with Crippen molar-refractivity contribution >= 4 is 21.7 Å². The summed E-state index contributed by atoms with van der Waals surface area (Å²) in [6.07, 6.45) is 10.9. The van der Waals surface area contributed by atoms with Crippen molar-refractivity contribution in [2.24, 2.45) is 11.8 Å². The molecule has 0 spiro atoms. The molecule has 0 aromatic heterocycles. The fourth-order valence-corrected chi connectivity index (χ4v) is 8.26. The molecule has 2 saturated carbocycles. The molecular weight excluding hydrogens is 426 g/mol. The van der Waals surface area contributed by atoms with Crippen molar-refractivity contribution in [3.63, 3.8) is 0 Å². The van der Waals surface area contributed by atoms with E-state index in [1.165, 1.54) is 6.26 Å². The van der Waals surface area contributed by atoms with Gasteiger partial charge in [-0.2, -0.15) is 0 Å². The molecule has 0 aromatic carbocycles. The van der Waals surface area contributed by atoms with Crippen LogP contribution < -0.4 is 5.32 Å². The molecule has 7 nitrogen and oxygen atoms in total. The summed E-state index contributed by atoms with van der Waals surface area (Å²) in [7, 11) is -2.96. The van der Waals surface area contributed by atoms with Crippen molar-refractivity contribution in [1.82, 2.24) is 15.1 Å². The summed E-state index contributed by atoms with van der Waals surface area (Å²) in [4.78, 5) is 30.2. The van der Waals surface area contributed by atoms with Crippen molar-refractivity contribution in [3.05, 3.63) is 0 Å². The van der Waals surface area contributed by atoms with Gasteiger partial charge in [0, 0.05) is 25.8 Å². The first-order valence-corrected chi connectivity index (χ1v) is 14.6. The van der Waals surface area contributed by atoms with Gasteiger partial charge in [-0.25, -0.2) is 8.42 Å². The van der Waals surface area contributed by atoms with Crippen LogP contribution in [0.4, 0.5) is 0 Å². The highest BCUT2D eigenvalue weighted by molar-refractivity contribution is 7.91. The number of hydrogen-bond donors (Lipinski definition) is 1. The van der Waals surface area contributed by atoms with Crippen molar-refractivity contribution in [1.29, 1.82) is 0 Å². The second-order valence-corrected chi connectivity index (χ2v) is 13.2. The minimum atomic E-state index is -2.96. The maximum absolute atomic E-state index is 13.6. The Kier molecular flexibility index (Phi) is 7.20. The van der Waals surface area contributed by atoms with Gasteiger partial charge in [0.15, 0.2) is 0 Å². The van der Waals surface area contributed by atoms with Crippen LogP contribution in [-0.4, -0.2) is 78.8 Å². The molecule has 2 saturated heterocycles. The quantitative estimate of drug-likeness (QED) is 0.689. The predicted molar refractivity (Wildman–Crippen MR) is 125 cm³/mol. The molecule has 2 heterocycles. The van der Waals surface area contributed by atoms with E-state index in [0.29, 0.717) is 18.4 Å². The third kappa shape index (κ3) is 4.86. The molecule has 182 valence electrons. The van der Waals surface area contributed by atoms with Crippen LogP contribution >= 0.6 is 0 Å². The molecule has 4 unspecified atom stereocenters. The average molecular weight is 468 g/mol. The largest absolute Gasteiger partial charge is 0.334 e. The minimum Gasteiger partial charge on any atom is -0.334 e. The average Bonchev–Trinajstić information content (AvgIpc) is 2.77. The molecule has 0 bridgehead atoms. The summed E-state index contributed by atoms with van der Waals surface area (Å²) >= 11 is 0. The van der Waals surface area contributed by atoms with Gasteiger partial charge in [0.25, 0.3) is 0 Å². The maximum Gasteiger partial charge on any atom is 0.240 e. The summed E-state index contributed by atoms with van der Waals surface area (Å²) in [5.74, 6) is 1.37. The van der Waals surface area contributed by atoms with Crippen molar-refractivity contribution in [2.45, 2.75) is 107 Å². The molecular formula is C24H41N3O4S. The second-order valence-electron chi connectivity index (χ2n) is 10.8. The number of nitrogens with zero attached hydrogens (tertiary/aromatic N) is 2. The molecule has 2 aliphatic heterocycles. The number of carbonyl (C=O) groups is 2. The van der Waals surface area contributed by atoms with Crippen LogP contribution in [0.3, 0.4) is 0 Å². The van der Waals surface area contributed by atoms with Crippen LogP contribution in [0.15, 0.2) is 0 Å². The Morgan fingerprint density at radius 1 is 0.906 bits per heavy atom. The molecule has 2 amide bonds. The molecule has 32 heavy (non-hydrogen) atoms. The number of piperidine rings is 1. The maximum atomic E-state index is 13.6. The fraction of sp³-hybridized carbons (Fsp3) is 0.917. The van der Waals surface area contributed by atoms with E-state index in [1.54, 1.807) is 6.92 Å². The summed E-state index contributed by atoms with van der Waals surface area (Å²) in [6.45, 7) is 5.25. The zero-order chi connectivity index (χ0) is 23.0. The second kappa shape index (κ2) is 9.61. The molecule has 4 fully saturated rings. The predicted octanol–water partition coefficient (Wildman–Crippen LogP) is 2.35. The summed E-state index contributed by atoms with van der Waals surface area (Å²) in [6, 6.07) is 0.138. The zero-order valence-electron chi connectivity index (χ0n) is 20.0. The molecule has 5 atom stereocenters. The number of piperazine rings is 1. The van der Waals surface area contributed by atoms with E-state index in [4.69, 9.17) is 0 Å². The number of fused-ring (bicyclic) bond motifs is 1. The van der Waals surface area contributed by atoms with E-state index in [0.717, 1.165) is 70.8 Å². The number of sulfone groups is 1. The molecule has 0 aromatic rings. The van der Waals surface area contributed by atoms with Gasteiger partial charge < -0.3 is 15.1 Å². The van der Waals surface area contributed by atoms with Crippen LogP contribution in [-0.2, 0) is 19.4 Å². The Labute approximate surface area is 193 Å². The number of nitrogens with one attached hydrogen (secondary N) is 1. The summed E-state index contributed by atoms with van der Waals surface area (Å²) in [5, 5.41) is 3.24. The molecule has 2 aliphatic carbocycles. The van der Waals surface area contributed by atoms with E-state index in [1.807, 2.05) is 4.90 Å². The first-order valence-electron chi connectivity index (χ1n) is 12.7. The molecule has 4 aliphatic rings. The monoisotopic (exact) mass is 467 g/mol. The Bertz CT molecular complexity index is 802. The van der Waals surface area contributed by atoms with E-state index < -0.39 is 9.84 Å². The Morgan fingerprint density at radius 3 is 2.19 bits per heavy atom. The SMILES string of the molecule is CC(=O)N1C2CCC(C3CCC(S(C)(=O)=O)CC3)CC2N(C(=O)C2CCCCN2)C[C@@H]1C. The molecule has 8 heteroatoms. The highest BCUT2D eigenvalue weighted by atomic mass is 32.2. The molecule has 0 radical (unpaired) electrons. The van der Waals surface area contributed by atoms with Crippen molar-refractivity contribution in [2.75, 3.05) is 19.3 Å². The smallest absolute Gasteiger partial charge is 0.240 e. The molecule has 1 N–H and O–H groups in total. The zero-order valence-corrected chi connectivity index (χ0v) is 20.8. The third-order valence-electron chi connectivity index (χ3n) is 8.76. The topological polar surface area (TPSA) is 86.8 Å². The van der Waals surface area contributed by atoms with E-state index in [9.17, 15) is 18.0 Å². The van der Waals surface area contributed by atoms with Gasteiger partial charge in [-0.3, -0.25) is 9.59 Å². The number of rotatable bonds is 3. The first kappa shape index (κ1) is 24.0. The van der Waals surface area contributed by atoms with E-state index in [2.05, 4.69) is 17.1 Å². The number of carbonyl (C=O) groups excluding carboxylic acids is 2. The van der Waals surface area contributed by atoms with Crippen LogP contribution in [0.25, 0.3) is 0 Å². The minimum absolute atomic E-state index is 0.0445. The van der Waals surface area contributed by atoms with Crippen LogP contribution in [0.5, 0.6) is 0 Å². The lowest BCUT2D eigenvalue weighted by molar-refractivity contribution is -0.156. The Morgan fingerprint density at radius 2 is 1.59 bits per heavy atom. The van der Waals surface area contributed by atoms with Gasteiger partial charge in [-0.1, -0.05) is 6.42 Å². The van der Waals surface area contributed by atoms with Gasteiger partial charge in [0.05, 0.1) is 23.4 Å². The van der Waals surface area contributed by atoms with Gasteiger partial charge in [0.2, 0.25) is 11.8 Å². The fourth-order valence-electron chi connectivity index (χ4n) is 7.13. The highest BCUT2D eigenvalue weighted by Crippen LogP contribution is 2.43. The van der Waals surface area contributed by atoms with Crippen molar-refractivity contribution in [3.8, 4) is 0 Å². The lowest BCUT2D eigenvalue weighted by Gasteiger charge is -2.55. The van der Waals surface area contributed by atoms with Crippen LogP contribution in [0, 0.1) is 11.8 Å². The van der Waals surface area contributed by atoms with E-state index >= 15 is 0 Å². The number of hydrogen-bond acceptors (Lipinski definition) is 5. The van der Waals surface area contributed by atoms with Gasteiger partial charge in [-0.05, 0) is 83.1 Å². The van der Waals surface area contributed by atoms with Gasteiger partial charge >= 0.3 is 0 Å². The third-order valence-corrected chi connectivity index (χ3v) is 10.4. The number of amides is 2. The summed E-state index contributed by atoms with van der Waals surface area (Å²) < 4.78 is 23.9. The lowest BCUT2D eigenvalue weighted by Crippen LogP contribution is -2.68. The normalized spacial score (nSPS) is 38.8. The van der Waals surface area contributed by atoms with Gasteiger partial charge in [0.1, 0.15) is 9.84 Å². The Hall–Kier alpha value is -1.15. The van der Waals surface area contributed by atoms with E-state index in [-0.39, 0.29) is 41.2 Å². The highest BCUT2D eigenvalue weighted by Gasteiger charge is 2.48. The van der Waals surface area contributed by atoms with Crippen LogP contribution in [0.1, 0.15) is 78.1 Å². The van der Waals surface area contributed by atoms with Gasteiger partial charge in [-0.15, -0.1) is 0 Å². The first-order chi connectivity index (χ1) is 15.2. The standard InChI is InChI=1S/C24H41N3O4S/c1-16-15-26(24(29)21-6-4-5-13-25-21)23-14-19(9-12-22(23)27(16)17(2)28)18-7-10-20(11-8-18)32(3,30)31/h16,18-23,25H,4-15H2,1-3H3/t16-,18?,19?,20?,21?,22?,23?/m0/s1.